The molecule has 1 saturated carbocycles. The largest absolute Gasteiger partial charge is 0.481 e. The van der Waals surface area contributed by atoms with Gasteiger partial charge in [-0.3, -0.25) is 4.79 Å². The molecule has 0 aromatic carbocycles. The van der Waals surface area contributed by atoms with E-state index in [2.05, 4.69) is 6.08 Å². The number of carbonyl (C=O) groups is 1. The molecule has 0 saturated heterocycles. The van der Waals surface area contributed by atoms with Crippen LogP contribution in [0.25, 0.3) is 0 Å². The lowest BCUT2D eigenvalue weighted by Gasteiger charge is -2.21. The molecule has 1 atom stereocenters. The smallest absolute Gasteiger partial charge is 0.310 e. The van der Waals surface area contributed by atoms with Crippen LogP contribution in [0.3, 0.4) is 0 Å². The lowest BCUT2D eigenvalue weighted by Crippen LogP contribution is -2.13. The molecule has 0 radical (unpaired) electrons. The van der Waals surface area contributed by atoms with Crippen molar-refractivity contribution in [2.24, 2.45) is 11.8 Å². The van der Waals surface area contributed by atoms with E-state index in [4.69, 9.17) is 9.84 Å². The van der Waals surface area contributed by atoms with Crippen molar-refractivity contribution in [3.63, 3.8) is 0 Å². The van der Waals surface area contributed by atoms with E-state index in [9.17, 15) is 4.79 Å². The van der Waals surface area contributed by atoms with Crippen molar-refractivity contribution in [2.75, 3.05) is 13.2 Å². The van der Waals surface area contributed by atoms with Crippen molar-refractivity contribution in [2.45, 2.75) is 77.0 Å². The van der Waals surface area contributed by atoms with Crippen LogP contribution < -0.4 is 0 Å². The number of hydrogen-bond donors (Lipinski definition) is 1. The molecule has 0 aromatic rings. The highest BCUT2D eigenvalue weighted by molar-refractivity contribution is 5.73. The number of aliphatic carboxylic acids is 1. The van der Waals surface area contributed by atoms with Crippen molar-refractivity contribution in [3.05, 3.63) is 23.8 Å². The van der Waals surface area contributed by atoms with E-state index in [1.165, 1.54) is 69.8 Å². The molecule has 136 valence electrons. The van der Waals surface area contributed by atoms with Gasteiger partial charge in [0.2, 0.25) is 0 Å². The van der Waals surface area contributed by atoms with Gasteiger partial charge in [-0.05, 0) is 44.4 Å². The van der Waals surface area contributed by atoms with E-state index in [-0.39, 0.29) is 5.92 Å². The minimum atomic E-state index is -0.716. The first-order chi connectivity index (χ1) is 11.8. The Morgan fingerprint density at radius 2 is 1.83 bits per heavy atom. The van der Waals surface area contributed by atoms with Crippen LogP contribution in [-0.2, 0) is 9.53 Å². The number of unbranched alkanes of at least 4 members (excludes halogenated alkanes) is 4. The SMILES string of the molecule is O=C(O)C1C=CC(CCCCCCCOCC2CCCCC2)=CC1. The minimum absolute atomic E-state index is 0.317. The number of hydrogen-bond acceptors (Lipinski definition) is 2. The van der Waals surface area contributed by atoms with Crippen LogP contribution in [0.4, 0.5) is 0 Å². The molecule has 2 aliphatic carbocycles. The zero-order valence-electron chi connectivity index (χ0n) is 15.0. The Bertz CT molecular complexity index is 419. The van der Waals surface area contributed by atoms with Crippen LogP contribution in [-0.4, -0.2) is 24.3 Å². The van der Waals surface area contributed by atoms with Gasteiger partial charge in [0.05, 0.1) is 5.92 Å². The predicted octanol–water partition coefficient (Wildman–Crippen LogP) is 5.51. The van der Waals surface area contributed by atoms with Gasteiger partial charge in [-0.1, -0.05) is 62.3 Å². The van der Waals surface area contributed by atoms with E-state index in [1.54, 1.807) is 0 Å². The summed E-state index contributed by atoms with van der Waals surface area (Å²) in [5.41, 5.74) is 1.31. The topological polar surface area (TPSA) is 46.5 Å². The molecule has 2 aliphatic rings. The Kier molecular flexibility index (Phi) is 9.19. The quantitative estimate of drug-likeness (QED) is 0.507. The lowest BCUT2D eigenvalue weighted by molar-refractivity contribution is -0.139. The van der Waals surface area contributed by atoms with E-state index < -0.39 is 5.97 Å². The van der Waals surface area contributed by atoms with Gasteiger partial charge in [0.15, 0.2) is 0 Å². The average Bonchev–Trinajstić information content (AvgIpc) is 2.61. The summed E-state index contributed by atoms with van der Waals surface area (Å²) in [5, 5.41) is 8.94. The molecule has 3 heteroatoms. The second kappa shape index (κ2) is 11.5. The zero-order chi connectivity index (χ0) is 17.0. The third-order valence-electron chi connectivity index (χ3n) is 5.33. The molecule has 2 rings (SSSR count). The Hall–Kier alpha value is -1.09. The number of ether oxygens (including phenoxy) is 1. The van der Waals surface area contributed by atoms with Crippen LogP contribution in [0.15, 0.2) is 23.8 Å². The second-order valence-electron chi connectivity index (χ2n) is 7.42. The summed E-state index contributed by atoms with van der Waals surface area (Å²) in [5.74, 6) is -0.203. The third kappa shape index (κ3) is 7.65. The molecule has 0 heterocycles. The standard InChI is InChI=1S/C21H34O3/c22-21(23)20-14-12-18(13-15-20)9-5-2-1-3-8-16-24-17-19-10-6-4-7-11-19/h12-14,19-20H,1-11,15-17H2,(H,22,23). The van der Waals surface area contributed by atoms with Crippen molar-refractivity contribution in [1.82, 2.24) is 0 Å². The number of rotatable bonds is 11. The second-order valence-corrected chi connectivity index (χ2v) is 7.42. The maximum absolute atomic E-state index is 10.9. The van der Waals surface area contributed by atoms with Crippen LogP contribution in [0, 0.1) is 11.8 Å². The maximum atomic E-state index is 10.9. The highest BCUT2D eigenvalue weighted by atomic mass is 16.5. The Morgan fingerprint density at radius 3 is 2.54 bits per heavy atom. The fourth-order valence-electron chi connectivity index (χ4n) is 3.70. The molecule has 24 heavy (non-hydrogen) atoms. The summed E-state index contributed by atoms with van der Waals surface area (Å²) in [6.45, 7) is 1.92. The summed E-state index contributed by atoms with van der Waals surface area (Å²) < 4.78 is 5.84. The molecule has 0 spiro atoms. The van der Waals surface area contributed by atoms with Crippen molar-refractivity contribution < 1.29 is 14.6 Å². The number of carboxylic acids is 1. The highest BCUT2D eigenvalue weighted by Gasteiger charge is 2.15. The van der Waals surface area contributed by atoms with E-state index >= 15 is 0 Å². The van der Waals surface area contributed by atoms with Gasteiger partial charge < -0.3 is 9.84 Å². The molecule has 1 N–H and O–H groups in total. The average molecular weight is 335 g/mol. The Balaban J connectivity index is 1.38. The molecule has 0 aromatic heterocycles. The summed E-state index contributed by atoms with van der Waals surface area (Å²) >= 11 is 0. The maximum Gasteiger partial charge on any atom is 0.310 e. The van der Waals surface area contributed by atoms with Gasteiger partial charge in [-0.15, -0.1) is 0 Å². The van der Waals surface area contributed by atoms with E-state index in [1.807, 2.05) is 12.2 Å². The van der Waals surface area contributed by atoms with Gasteiger partial charge >= 0.3 is 5.97 Å². The summed E-state index contributed by atoms with van der Waals surface area (Å²) in [6, 6.07) is 0. The summed E-state index contributed by atoms with van der Waals surface area (Å²) in [7, 11) is 0. The molecular formula is C21H34O3. The van der Waals surface area contributed by atoms with E-state index in [0.29, 0.717) is 6.42 Å². The van der Waals surface area contributed by atoms with Crippen LogP contribution in [0.5, 0.6) is 0 Å². The van der Waals surface area contributed by atoms with Gasteiger partial charge in [-0.2, -0.15) is 0 Å². The first-order valence-corrected chi connectivity index (χ1v) is 9.93. The summed E-state index contributed by atoms with van der Waals surface area (Å²) in [4.78, 5) is 10.9. The molecular weight excluding hydrogens is 300 g/mol. The van der Waals surface area contributed by atoms with Crippen LogP contribution >= 0.6 is 0 Å². The van der Waals surface area contributed by atoms with Gasteiger partial charge in [0, 0.05) is 13.2 Å². The fourth-order valence-corrected chi connectivity index (χ4v) is 3.70. The predicted molar refractivity (Wildman–Crippen MR) is 98.1 cm³/mol. The lowest BCUT2D eigenvalue weighted by atomic mass is 9.90. The van der Waals surface area contributed by atoms with Crippen LogP contribution in [0.1, 0.15) is 77.0 Å². The van der Waals surface area contributed by atoms with Crippen molar-refractivity contribution in [1.29, 1.82) is 0 Å². The molecule has 0 aliphatic heterocycles. The van der Waals surface area contributed by atoms with Gasteiger partial charge in [-0.25, -0.2) is 0 Å². The van der Waals surface area contributed by atoms with E-state index in [0.717, 1.165) is 25.6 Å². The normalized spacial score (nSPS) is 21.7. The first kappa shape index (κ1) is 19.2. The third-order valence-corrected chi connectivity index (χ3v) is 5.33. The highest BCUT2D eigenvalue weighted by Crippen LogP contribution is 2.24. The molecule has 3 nitrogen and oxygen atoms in total. The van der Waals surface area contributed by atoms with Gasteiger partial charge in [0.25, 0.3) is 0 Å². The first-order valence-electron chi connectivity index (χ1n) is 9.93. The summed E-state index contributed by atoms with van der Waals surface area (Å²) in [6.07, 6.45) is 20.8. The van der Waals surface area contributed by atoms with Crippen molar-refractivity contribution in [3.8, 4) is 0 Å². The van der Waals surface area contributed by atoms with Gasteiger partial charge in [0.1, 0.15) is 0 Å². The molecule has 1 fully saturated rings. The monoisotopic (exact) mass is 334 g/mol. The Labute approximate surface area is 147 Å². The number of allylic oxidation sites excluding steroid dienone is 3. The zero-order valence-corrected chi connectivity index (χ0v) is 15.0. The molecule has 0 amide bonds. The molecule has 0 bridgehead atoms. The van der Waals surface area contributed by atoms with Crippen molar-refractivity contribution >= 4 is 5.97 Å². The van der Waals surface area contributed by atoms with Crippen LogP contribution in [0.2, 0.25) is 0 Å². The number of carboxylic acid groups (broad SMARTS) is 1. The molecule has 1 unspecified atom stereocenters. The minimum Gasteiger partial charge on any atom is -0.481 e. The fraction of sp³-hybridized carbons (Fsp3) is 0.762. The Morgan fingerprint density at radius 1 is 1.08 bits per heavy atom.